The van der Waals surface area contributed by atoms with Gasteiger partial charge in [-0.05, 0) is 104 Å². The van der Waals surface area contributed by atoms with E-state index in [4.69, 9.17) is 0 Å². The van der Waals surface area contributed by atoms with Crippen LogP contribution < -0.4 is 0 Å². The molecular formula is C34H63N11. The highest BCUT2D eigenvalue weighted by atomic mass is 15.2. The predicted molar refractivity (Wildman–Crippen MR) is 188 cm³/mol. The molecule has 45 heavy (non-hydrogen) atoms. The van der Waals surface area contributed by atoms with Gasteiger partial charge in [-0.25, -0.2) is 4.98 Å². The van der Waals surface area contributed by atoms with E-state index < -0.39 is 0 Å². The Hall–Kier alpha value is -3.25. The molecule has 0 radical (unpaired) electrons. The number of likely N-dealkylation sites (tertiary alicyclic amines) is 2. The summed E-state index contributed by atoms with van der Waals surface area (Å²) in [6.07, 6.45) is 23.8. The summed E-state index contributed by atoms with van der Waals surface area (Å²) in [7, 11) is 16.5. The van der Waals surface area contributed by atoms with Gasteiger partial charge in [0.2, 0.25) is 0 Å². The van der Waals surface area contributed by atoms with Crippen molar-refractivity contribution >= 4 is 0 Å². The van der Waals surface area contributed by atoms with E-state index in [0.29, 0.717) is 0 Å². The Morgan fingerprint density at radius 1 is 0.356 bits per heavy atom. The fourth-order valence-electron chi connectivity index (χ4n) is 4.25. The van der Waals surface area contributed by atoms with E-state index in [1.54, 1.807) is 29.7 Å². The van der Waals surface area contributed by atoms with Crippen LogP contribution in [-0.2, 0) is 28.2 Å². The van der Waals surface area contributed by atoms with E-state index in [9.17, 15) is 0 Å². The molecule has 3 fully saturated rings. The molecule has 0 aromatic carbocycles. The van der Waals surface area contributed by atoms with Crippen molar-refractivity contribution in [3.05, 3.63) is 80.4 Å². The van der Waals surface area contributed by atoms with Gasteiger partial charge in [0.15, 0.2) is 0 Å². The van der Waals surface area contributed by atoms with Crippen molar-refractivity contribution in [2.24, 2.45) is 28.2 Å². The quantitative estimate of drug-likeness (QED) is 0.293. The number of nitrogens with zero attached hydrogens (tertiary/aromatic N) is 11. The number of hydrogen-bond acceptors (Lipinski definition) is 7. The van der Waals surface area contributed by atoms with Crippen LogP contribution in [0.2, 0.25) is 0 Å². The largest absolute Gasteiger partial charge is 0.357 e. The number of rotatable bonds is 0. The average molecular weight is 626 g/mol. The summed E-state index contributed by atoms with van der Waals surface area (Å²) < 4.78 is 7.67. The maximum absolute atomic E-state index is 3.78. The molecule has 7 heterocycles. The first-order valence-corrected chi connectivity index (χ1v) is 16.2. The predicted octanol–water partition coefficient (Wildman–Crippen LogP) is 3.96. The minimum Gasteiger partial charge on any atom is -0.357 e. The van der Waals surface area contributed by atoms with Crippen LogP contribution in [0.25, 0.3) is 0 Å². The molecule has 3 aliphatic heterocycles. The Morgan fingerprint density at radius 3 is 0.867 bits per heavy atom. The fourth-order valence-corrected chi connectivity index (χ4v) is 4.25. The number of aromatic nitrogens is 7. The van der Waals surface area contributed by atoms with Crippen molar-refractivity contribution in [2.75, 3.05) is 80.5 Å². The van der Waals surface area contributed by atoms with E-state index in [-0.39, 0.29) is 0 Å². The third-order valence-corrected chi connectivity index (χ3v) is 7.31. The molecule has 4 aromatic rings. The molecule has 7 rings (SSSR count). The van der Waals surface area contributed by atoms with Crippen LogP contribution in [0, 0.1) is 0 Å². The minimum atomic E-state index is 1.23. The smallest absolute Gasteiger partial charge is 0.119 e. The van der Waals surface area contributed by atoms with Gasteiger partial charge in [-0.3, -0.25) is 0 Å². The second-order valence-electron chi connectivity index (χ2n) is 12.0. The number of aryl methyl sites for hydroxylation is 4. The molecule has 254 valence electrons. The van der Waals surface area contributed by atoms with Crippen LogP contribution in [0.15, 0.2) is 80.4 Å². The topological polar surface area (TPSA) is 71.3 Å². The van der Waals surface area contributed by atoms with Gasteiger partial charge in [-0.1, -0.05) is 6.42 Å². The van der Waals surface area contributed by atoms with Gasteiger partial charge in [-0.15, -0.1) is 10.2 Å². The zero-order valence-corrected chi connectivity index (χ0v) is 29.6. The number of imidazole rings is 1. The first kappa shape index (κ1) is 39.8. The molecule has 11 heteroatoms. The molecule has 0 bridgehead atoms. The van der Waals surface area contributed by atoms with Crippen molar-refractivity contribution in [1.82, 2.24) is 53.0 Å². The molecule has 4 aromatic heterocycles. The van der Waals surface area contributed by atoms with Crippen LogP contribution in [0.4, 0.5) is 0 Å². The van der Waals surface area contributed by atoms with Crippen molar-refractivity contribution < 1.29 is 0 Å². The number of piperidine rings is 1. The molecule has 0 unspecified atom stereocenters. The van der Waals surface area contributed by atoms with Crippen molar-refractivity contribution in [2.45, 2.75) is 32.1 Å². The van der Waals surface area contributed by atoms with Gasteiger partial charge >= 0.3 is 0 Å². The lowest BCUT2D eigenvalue weighted by atomic mass is 10.1. The number of piperazine rings is 1. The molecule has 0 atom stereocenters. The maximum Gasteiger partial charge on any atom is 0.119 e. The summed E-state index contributed by atoms with van der Waals surface area (Å²) >= 11 is 0. The molecular weight excluding hydrogens is 562 g/mol. The standard InChI is InChI=1S/C6H14N2.C6H13N.C5H11N.2C5H7N.C4H6N2.C3H5N3/c1-7-3-5-8(2)6-4-7;1-7-5-3-2-4-6-7;3*1-6-4-2-3-5-6;1-6-3-2-5-4-6;1-6-2-4-5-3-6/h3-6H2,1-2H3;2-6H2,1H3;2-5H2,1H3;2*2-5H,1H3;2-4H,1H3;2-3H,1H3. The van der Waals surface area contributed by atoms with Crippen molar-refractivity contribution in [3.63, 3.8) is 0 Å². The lowest BCUT2D eigenvalue weighted by molar-refractivity contribution is 0.181. The third kappa shape index (κ3) is 24.7. The zero-order valence-electron chi connectivity index (χ0n) is 29.6. The highest BCUT2D eigenvalue weighted by molar-refractivity contribution is 4.89. The van der Waals surface area contributed by atoms with Crippen LogP contribution in [0.3, 0.4) is 0 Å². The highest BCUT2D eigenvalue weighted by Crippen LogP contribution is 2.04. The van der Waals surface area contributed by atoms with E-state index >= 15 is 0 Å². The van der Waals surface area contributed by atoms with Gasteiger partial charge < -0.3 is 37.9 Å². The summed E-state index contributed by atoms with van der Waals surface area (Å²) in [5, 5.41) is 7.07. The van der Waals surface area contributed by atoms with Crippen LogP contribution in [0.1, 0.15) is 32.1 Å². The second-order valence-corrected chi connectivity index (χ2v) is 12.0. The number of hydrogen-bond donors (Lipinski definition) is 0. The SMILES string of the molecule is CN1CCCC1.CN1CCCCC1.CN1CCN(C)CC1.Cn1cccc1.Cn1cccc1.Cn1ccnc1.Cn1cnnc1. The van der Waals surface area contributed by atoms with Gasteiger partial charge in [-0.2, -0.15) is 0 Å². The Labute approximate surface area is 274 Å². The first-order chi connectivity index (χ1) is 21.7. The van der Waals surface area contributed by atoms with Gasteiger partial charge in [0, 0.05) is 91.6 Å². The van der Waals surface area contributed by atoms with E-state index in [1.165, 1.54) is 84.5 Å². The molecule has 0 spiro atoms. The zero-order chi connectivity index (χ0) is 33.1. The normalized spacial score (nSPS) is 16.7. The van der Waals surface area contributed by atoms with Gasteiger partial charge in [0.1, 0.15) is 12.7 Å². The summed E-state index contributed by atoms with van der Waals surface area (Å²) in [5.41, 5.74) is 0. The van der Waals surface area contributed by atoms with Crippen LogP contribution >= 0.6 is 0 Å². The fraction of sp³-hybridized carbons (Fsp3) is 0.618. The van der Waals surface area contributed by atoms with E-state index in [1.807, 2.05) is 97.1 Å². The van der Waals surface area contributed by atoms with Crippen LogP contribution in [0.5, 0.6) is 0 Å². The Balaban J connectivity index is 0.000000263. The summed E-state index contributed by atoms with van der Waals surface area (Å²) in [6, 6.07) is 8.00. The van der Waals surface area contributed by atoms with Crippen molar-refractivity contribution in [3.8, 4) is 0 Å². The molecule has 0 aliphatic carbocycles. The lowest BCUT2D eigenvalue weighted by Gasteiger charge is -2.28. The van der Waals surface area contributed by atoms with E-state index in [2.05, 4.69) is 63.0 Å². The Bertz CT molecular complexity index is 935. The molecule has 3 saturated heterocycles. The molecule has 3 aliphatic rings. The van der Waals surface area contributed by atoms with Crippen molar-refractivity contribution in [1.29, 1.82) is 0 Å². The highest BCUT2D eigenvalue weighted by Gasteiger charge is 2.08. The molecule has 0 N–H and O–H groups in total. The monoisotopic (exact) mass is 626 g/mol. The summed E-state index contributed by atoms with van der Waals surface area (Å²) in [4.78, 5) is 13.3. The third-order valence-electron chi connectivity index (χ3n) is 7.31. The lowest BCUT2D eigenvalue weighted by Crippen LogP contribution is -2.42. The molecule has 0 amide bonds. The first-order valence-electron chi connectivity index (χ1n) is 16.2. The molecule has 0 saturated carbocycles. The Kier molecular flexibility index (Phi) is 23.0. The second kappa shape index (κ2) is 26.0. The number of likely N-dealkylation sites (N-methyl/N-ethyl adjacent to an activating group) is 2. The van der Waals surface area contributed by atoms with Gasteiger partial charge in [0.25, 0.3) is 0 Å². The van der Waals surface area contributed by atoms with E-state index in [0.717, 1.165) is 0 Å². The maximum atomic E-state index is 3.78. The Morgan fingerprint density at radius 2 is 0.711 bits per heavy atom. The molecule has 11 nitrogen and oxygen atoms in total. The van der Waals surface area contributed by atoms with Crippen LogP contribution in [-0.4, -0.2) is 134 Å². The average Bonchev–Trinajstić information content (AvgIpc) is 3.87. The summed E-state index contributed by atoms with van der Waals surface area (Å²) in [5.74, 6) is 0. The minimum absolute atomic E-state index is 1.23. The van der Waals surface area contributed by atoms with Gasteiger partial charge in [0.05, 0.1) is 6.33 Å². The summed E-state index contributed by atoms with van der Waals surface area (Å²) in [6.45, 7) is 10.2.